The molecule has 0 heterocycles. The highest BCUT2D eigenvalue weighted by Crippen LogP contribution is 2.16. The van der Waals surface area contributed by atoms with Crippen LogP contribution in [0.25, 0.3) is 0 Å². The summed E-state index contributed by atoms with van der Waals surface area (Å²) in [5.74, 6) is -0.0473. The number of amides is 1. The lowest BCUT2D eigenvalue weighted by atomic mass is 10.0. The molecule has 6 heteroatoms. The van der Waals surface area contributed by atoms with Crippen molar-refractivity contribution in [2.24, 2.45) is 0 Å². The number of allylic oxidation sites excluding steroid dienone is 2. The second-order valence-electron chi connectivity index (χ2n) is 17.5. The summed E-state index contributed by atoms with van der Waals surface area (Å²) in [5, 5.41) is 23.0. The molecular formula is C51H99NO5. The first kappa shape index (κ1) is 55.6. The summed E-state index contributed by atoms with van der Waals surface area (Å²) < 4.78 is 5.46. The van der Waals surface area contributed by atoms with Gasteiger partial charge >= 0.3 is 5.97 Å². The molecule has 0 aliphatic rings. The van der Waals surface area contributed by atoms with E-state index in [0.29, 0.717) is 25.9 Å². The minimum Gasteiger partial charge on any atom is -0.466 e. The van der Waals surface area contributed by atoms with Crippen molar-refractivity contribution < 1.29 is 24.5 Å². The first-order chi connectivity index (χ1) is 28.0. The molecule has 0 aliphatic carbocycles. The van der Waals surface area contributed by atoms with Crippen LogP contribution in [0.1, 0.15) is 277 Å². The van der Waals surface area contributed by atoms with Crippen molar-refractivity contribution >= 4 is 11.9 Å². The van der Waals surface area contributed by atoms with Crippen molar-refractivity contribution in [2.75, 3.05) is 13.2 Å². The van der Waals surface area contributed by atoms with E-state index < -0.39 is 12.1 Å². The standard InChI is InChI=1S/C51H99NO5/c1-3-5-7-9-11-13-14-21-25-29-33-37-41-45-51(56)57-46-42-38-34-30-26-23-20-18-16-15-17-19-22-24-28-32-36-40-44-50(55)52-48(47-53)49(54)43-39-35-31-27-12-10-8-6-4-2/h17,19,48-49,53-54H,3-16,18,20-47H2,1-2H3,(H,52,55)/b19-17-. The van der Waals surface area contributed by atoms with Crippen molar-refractivity contribution in [3.8, 4) is 0 Å². The predicted molar refractivity (Wildman–Crippen MR) is 246 cm³/mol. The Balaban J connectivity index is 3.42. The van der Waals surface area contributed by atoms with Gasteiger partial charge in [0.15, 0.2) is 0 Å². The molecule has 0 saturated heterocycles. The smallest absolute Gasteiger partial charge is 0.305 e. The number of ether oxygens (including phenoxy) is 1. The fourth-order valence-electron chi connectivity index (χ4n) is 7.87. The summed E-state index contributed by atoms with van der Waals surface area (Å²) in [7, 11) is 0. The van der Waals surface area contributed by atoms with Crippen LogP contribution in [0.5, 0.6) is 0 Å². The van der Waals surface area contributed by atoms with Gasteiger partial charge in [0.2, 0.25) is 5.91 Å². The molecule has 0 aromatic rings. The lowest BCUT2D eigenvalue weighted by Gasteiger charge is -2.22. The quantitative estimate of drug-likeness (QED) is 0.0323. The second kappa shape index (κ2) is 47.3. The molecule has 0 aromatic heterocycles. The summed E-state index contributed by atoms with van der Waals surface area (Å²) in [5.41, 5.74) is 0. The molecule has 0 aromatic carbocycles. The minimum atomic E-state index is -0.669. The number of rotatable bonds is 47. The van der Waals surface area contributed by atoms with Crippen LogP contribution in [0.15, 0.2) is 12.2 Å². The molecular weight excluding hydrogens is 707 g/mol. The number of hydrogen-bond acceptors (Lipinski definition) is 5. The fraction of sp³-hybridized carbons (Fsp3) is 0.922. The fourth-order valence-corrected chi connectivity index (χ4v) is 7.87. The molecule has 1 amide bonds. The number of nitrogens with one attached hydrogen (secondary N) is 1. The van der Waals surface area contributed by atoms with Crippen molar-refractivity contribution in [2.45, 2.75) is 289 Å². The largest absolute Gasteiger partial charge is 0.466 e. The second-order valence-corrected chi connectivity index (χ2v) is 17.5. The van der Waals surface area contributed by atoms with Crippen molar-refractivity contribution in [3.63, 3.8) is 0 Å². The van der Waals surface area contributed by atoms with Gasteiger partial charge in [-0.25, -0.2) is 0 Å². The maximum atomic E-state index is 12.4. The molecule has 0 aliphatic heterocycles. The van der Waals surface area contributed by atoms with Crippen molar-refractivity contribution in [1.29, 1.82) is 0 Å². The Hall–Kier alpha value is -1.40. The van der Waals surface area contributed by atoms with Crippen LogP contribution < -0.4 is 5.32 Å². The summed E-state index contributed by atoms with van der Waals surface area (Å²) >= 11 is 0. The van der Waals surface area contributed by atoms with E-state index in [-0.39, 0.29) is 18.5 Å². The van der Waals surface area contributed by atoms with Gasteiger partial charge in [0.05, 0.1) is 25.4 Å². The van der Waals surface area contributed by atoms with E-state index in [4.69, 9.17) is 4.74 Å². The molecule has 0 radical (unpaired) electrons. The first-order valence-corrected chi connectivity index (χ1v) is 25.4. The molecule has 0 spiro atoms. The average Bonchev–Trinajstić information content (AvgIpc) is 3.21. The van der Waals surface area contributed by atoms with Crippen LogP contribution in [0, 0.1) is 0 Å². The van der Waals surface area contributed by atoms with Crippen LogP contribution in [0.4, 0.5) is 0 Å². The molecule has 3 N–H and O–H groups in total. The summed E-state index contributed by atoms with van der Waals surface area (Å²) in [6, 6.07) is -0.548. The van der Waals surface area contributed by atoms with Crippen molar-refractivity contribution in [3.05, 3.63) is 12.2 Å². The third-order valence-electron chi connectivity index (χ3n) is 11.8. The van der Waals surface area contributed by atoms with E-state index >= 15 is 0 Å². The molecule has 0 fully saturated rings. The van der Waals surface area contributed by atoms with Crippen LogP contribution in [0.3, 0.4) is 0 Å². The molecule has 0 rings (SSSR count). The molecule has 0 saturated carbocycles. The number of aliphatic hydroxyl groups is 2. The van der Waals surface area contributed by atoms with Gasteiger partial charge in [0, 0.05) is 12.8 Å². The molecule has 6 nitrogen and oxygen atoms in total. The van der Waals surface area contributed by atoms with Crippen molar-refractivity contribution in [1.82, 2.24) is 5.32 Å². The van der Waals surface area contributed by atoms with Crippen LogP contribution in [-0.4, -0.2) is 47.4 Å². The Morgan fingerprint density at radius 2 is 0.825 bits per heavy atom. The van der Waals surface area contributed by atoms with Gasteiger partial charge in [-0.1, -0.05) is 225 Å². The summed E-state index contributed by atoms with van der Waals surface area (Å²) in [6.07, 6.45) is 53.3. The molecule has 2 atom stereocenters. The van der Waals surface area contributed by atoms with Crippen LogP contribution >= 0.6 is 0 Å². The topological polar surface area (TPSA) is 95.9 Å². The molecule has 0 bridgehead atoms. The Labute approximate surface area is 355 Å². The highest BCUT2D eigenvalue weighted by molar-refractivity contribution is 5.76. The minimum absolute atomic E-state index is 0.00424. The Morgan fingerprint density at radius 1 is 0.474 bits per heavy atom. The molecule has 2 unspecified atom stereocenters. The lowest BCUT2D eigenvalue weighted by molar-refractivity contribution is -0.143. The normalized spacial score (nSPS) is 12.7. The highest BCUT2D eigenvalue weighted by atomic mass is 16.5. The van der Waals surface area contributed by atoms with Gasteiger partial charge in [-0.05, 0) is 51.4 Å². The van der Waals surface area contributed by atoms with E-state index in [0.717, 1.165) is 57.8 Å². The number of esters is 1. The van der Waals surface area contributed by atoms with E-state index in [9.17, 15) is 19.8 Å². The number of carbonyl (C=O) groups is 2. The zero-order chi connectivity index (χ0) is 41.5. The van der Waals surface area contributed by atoms with E-state index in [1.54, 1.807) is 0 Å². The predicted octanol–water partition coefficient (Wildman–Crippen LogP) is 15.0. The number of hydrogen-bond donors (Lipinski definition) is 3. The third kappa shape index (κ3) is 44.0. The van der Waals surface area contributed by atoms with Gasteiger partial charge in [-0.3, -0.25) is 9.59 Å². The van der Waals surface area contributed by atoms with Crippen LogP contribution in [-0.2, 0) is 14.3 Å². The van der Waals surface area contributed by atoms with E-state index in [2.05, 4.69) is 31.3 Å². The average molecular weight is 806 g/mol. The summed E-state index contributed by atoms with van der Waals surface area (Å²) in [4.78, 5) is 24.4. The van der Waals surface area contributed by atoms with E-state index in [1.807, 2.05) is 0 Å². The van der Waals surface area contributed by atoms with Gasteiger partial charge in [-0.2, -0.15) is 0 Å². The Kier molecular flexibility index (Phi) is 46.1. The van der Waals surface area contributed by atoms with E-state index in [1.165, 1.54) is 186 Å². The maximum Gasteiger partial charge on any atom is 0.305 e. The third-order valence-corrected chi connectivity index (χ3v) is 11.8. The Bertz CT molecular complexity index is 847. The van der Waals surface area contributed by atoms with Gasteiger partial charge in [0.1, 0.15) is 0 Å². The summed E-state index contributed by atoms with van der Waals surface area (Å²) in [6.45, 7) is 4.92. The Morgan fingerprint density at radius 3 is 1.25 bits per heavy atom. The number of unbranched alkanes of at least 4 members (excludes halogenated alkanes) is 34. The highest BCUT2D eigenvalue weighted by Gasteiger charge is 2.20. The maximum absolute atomic E-state index is 12.4. The molecule has 338 valence electrons. The zero-order valence-corrected chi connectivity index (χ0v) is 38.3. The zero-order valence-electron chi connectivity index (χ0n) is 38.3. The van der Waals surface area contributed by atoms with Gasteiger partial charge < -0.3 is 20.3 Å². The number of carbonyl (C=O) groups excluding carboxylic acids is 2. The van der Waals surface area contributed by atoms with Crippen LogP contribution in [0.2, 0.25) is 0 Å². The molecule has 57 heavy (non-hydrogen) atoms. The monoisotopic (exact) mass is 806 g/mol. The first-order valence-electron chi connectivity index (χ1n) is 25.4. The number of aliphatic hydroxyl groups excluding tert-OH is 2. The van der Waals surface area contributed by atoms with Gasteiger partial charge in [-0.15, -0.1) is 0 Å². The van der Waals surface area contributed by atoms with Gasteiger partial charge in [0.25, 0.3) is 0 Å². The SMILES string of the molecule is CCCCCCCCCCCCCCCC(=O)OCCCCCCCCCCC/C=C\CCCCCCCC(=O)NC(CO)C(O)CCCCCCCCCCC. The lowest BCUT2D eigenvalue weighted by Crippen LogP contribution is -2.45.